The highest BCUT2D eigenvalue weighted by molar-refractivity contribution is 6.09. The molecular weight excluding hydrogens is 254 g/mol. The molecule has 0 radical (unpaired) electrons. The predicted molar refractivity (Wildman–Crippen MR) is 76.4 cm³/mol. The predicted octanol–water partition coefficient (Wildman–Crippen LogP) is 1.79. The third kappa shape index (κ3) is 2.20. The summed E-state index contributed by atoms with van der Waals surface area (Å²) in [5.41, 5.74) is 1.86. The zero-order valence-electron chi connectivity index (χ0n) is 11.4. The number of aliphatic imine (C=N–C) groups is 1. The van der Waals surface area contributed by atoms with Crippen molar-refractivity contribution >= 4 is 23.3 Å². The van der Waals surface area contributed by atoms with Gasteiger partial charge in [-0.1, -0.05) is 35.5 Å². The number of rotatable bonds is 2. The maximum absolute atomic E-state index is 12.1. The van der Waals surface area contributed by atoms with Gasteiger partial charge in [0, 0.05) is 12.8 Å². The van der Waals surface area contributed by atoms with Crippen molar-refractivity contribution in [3.8, 4) is 0 Å². The zero-order valence-corrected chi connectivity index (χ0v) is 11.4. The van der Waals surface area contributed by atoms with Crippen LogP contribution >= 0.6 is 0 Å². The third-order valence-corrected chi connectivity index (χ3v) is 3.26. The first-order valence-electron chi connectivity index (χ1n) is 6.43. The molecule has 2 heterocycles. The van der Waals surface area contributed by atoms with Gasteiger partial charge in [0.1, 0.15) is 0 Å². The Labute approximate surface area is 116 Å². The van der Waals surface area contributed by atoms with E-state index >= 15 is 0 Å². The van der Waals surface area contributed by atoms with Gasteiger partial charge in [-0.25, -0.2) is 9.67 Å². The zero-order chi connectivity index (χ0) is 14.1. The number of carbonyl (C=O) groups is 1. The Bertz CT molecular complexity index is 674. The van der Waals surface area contributed by atoms with Crippen LogP contribution in [-0.2, 0) is 11.3 Å². The monoisotopic (exact) mass is 269 g/mol. The maximum atomic E-state index is 12.1. The highest BCUT2D eigenvalue weighted by atomic mass is 16.2. The number of anilines is 1. The van der Waals surface area contributed by atoms with E-state index in [1.54, 1.807) is 16.6 Å². The highest BCUT2D eigenvalue weighted by Gasteiger charge is 2.25. The molecule has 0 N–H and O–H groups in total. The van der Waals surface area contributed by atoms with Crippen LogP contribution in [0.3, 0.4) is 0 Å². The number of aromatic nitrogens is 3. The summed E-state index contributed by atoms with van der Waals surface area (Å²) < 4.78 is 1.71. The summed E-state index contributed by atoms with van der Waals surface area (Å²) in [5, 5.41) is 8.20. The Balaban J connectivity index is 2.02. The van der Waals surface area contributed by atoms with Crippen molar-refractivity contribution in [2.45, 2.75) is 19.9 Å². The molecule has 0 bridgehead atoms. The van der Waals surface area contributed by atoms with Crippen molar-refractivity contribution in [1.29, 1.82) is 0 Å². The van der Waals surface area contributed by atoms with Gasteiger partial charge in [0.2, 0.25) is 11.7 Å². The van der Waals surface area contributed by atoms with Crippen LogP contribution in [0.15, 0.2) is 35.3 Å². The van der Waals surface area contributed by atoms with Crippen LogP contribution in [0.25, 0.3) is 0 Å². The average Bonchev–Trinajstić information content (AvgIpc) is 2.76. The van der Waals surface area contributed by atoms with Gasteiger partial charge in [0.15, 0.2) is 5.82 Å². The van der Waals surface area contributed by atoms with Gasteiger partial charge in [-0.2, -0.15) is 0 Å². The lowest BCUT2D eigenvalue weighted by atomic mass is 10.2. The number of nitrogens with zero attached hydrogens (tertiary/aromatic N) is 5. The van der Waals surface area contributed by atoms with Gasteiger partial charge >= 0.3 is 0 Å². The van der Waals surface area contributed by atoms with Crippen molar-refractivity contribution in [3.05, 3.63) is 35.9 Å². The molecule has 1 amide bonds. The van der Waals surface area contributed by atoms with E-state index in [2.05, 4.69) is 15.3 Å². The smallest absolute Gasteiger partial charge is 0.233 e. The van der Waals surface area contributed by atoms with Gasteiger partial charge in [0.05, 0.1) is 13.0 Å². The van der Waals surface area contributed by atoms with Crippen LogP contribution in [0, 0.1) is 0 Å². The van der Waals surface area contributed by atoms with E-state index in [4.69, 9.17) is 0 Å². The molecule has 0 spiro atoms. The van der Waals surface area contributed by atoms with Crippen molar-refractivity contribution in [2.24, 2.45) is 4.99 Å². The Morgan fingerprint density at radius 1 is 1.25 bits per heavy atom. The topological polar surface area (TPSA) is 63.4 Å². The molecule has 6 nitrogen and oxygen atoms in total. The minimum Gasteiger partial charge on any atom is -0.297 e. The second-order valence-electron chi connectivity index (χ2n) is 4.86. The molecule has 1 aliphatic heterocycles. The molecule has 20 heavy (non-hydrogen) atoms. The summed E-state index contributed by atoms with van der Waals surface area (Å²) in [7, 11) is 1.74. The first-order valence-corrected chi connectivity index (χ1v) is 6.43. The Morgan fingerprint density at radius 2 is 2.00 bits per heavy atom. The summed E-state index contributed by atoms with van der Waals surface area (Å²) in [6, 6.07) is 9.95. The lowest BCUT2D eigenvalue weighted by Gasteiger charge is -2.16. The van der Waals surface area contributed by atoms with E-state index in [9.17, 15) is 4.79 Å². The normalized spacial score (nSPS) is 14.8. The number of fused-ring (bicyclic) bond motifs is 1. The number of hydrogen-bond acceptors (Lipinski definition) is 4. The van der Waals surface area contributed by atoms with Gasteiger partial charge in [0.25, 0.3) is 0 Å². The SMILES string of the molecule is CC1=Nc2nnn(Cc3ccccc3)c2N(C)C(=O)C1. The first-order chi connectivity index (χ1) is 9.65. The van der Waals surface area contributed by atoms with Crippen molar-refractivity contribution in [3.63, 3.8) is 0 Å². The fourth-order valence-corrected chi connectivity index (χ4v) is 2.23. The summed E-state index contributed by atoms with van der Waals surface area (Å²) in [6.07, 6.45) is 0.318. The number of benzene rings is 1. The molecule has 1 aromatic heterocycles. The molecule has 1 aliphatic rings. The molecule has 0 atom stereocenters. The van der Waals surface area contributed by atoms with E-state index in [0.717, 1.165) is 11.3 Å². The highest BCUT2D eigenvalue weighted by Crippen LogP contribution is 2.29. The molecule has 6 heteroatoms. The Kier molecular flexibility index (Phi) is 3.06. The largest absolute Gasteiger partial charge is 0.297 e. The van der Waals surface area contributed by atoms with Gasteiger partial charge in [-0.15, -0.1) is 5.10 Å². The standard InChI is InChI=1S/C14H15N5O/c1-10-8-12(20)18(2)14-13(15-10)16-17-19(14)9-11-6-4-3-5-7-11/h3-7H,8-9H2,1-2H3. The molecule has 102 valence electrons. The summed E-state index contributed by atoms with van der Waals surface area (Å²) in [4.78, 5) is 18.0. The molecule has 0 unspecified atom stereocenters. The van der Waals surface area contributed by atoms with Crippen molar-refractivity contribution in [1.82, 2.24) is 15.0 Å². The summed E-state index contributed by atoms with van der Waals surface area (Å²) >= 11 is 0. The molecule has 0 aliphatic carbocycles. The minimum atomic E-state index is 0.00149. The van der Waals surface area contributed by atoms with Gasteiger partial charge in [-0.05, 0) is 12.5 Å². The third-order valence-electron chi connectivity index (χ3n) is 3.26. The van der Waals surface area contributed by atoms with E-state index in [0.29, 0.717) is 24.6 Å². The Hall–Kier alpha value is -2.50. The van der Waals surface area contributed by atoms with Gasteiger partial charge < -0.3 is 0 Å². The minimum absolute atomic E-state index is 0.00149. The summed E-state index contributed by atoms with van der Waals surface area (Å²) in [5.74, 6) is 1.16. The van der Waals surface area contributed by atoms with Crippen LogP contribution in [0.1, 0.15) is 18.9 Å². The number of hydrogen-bond donors (Lipinski definition) is 0. The van der Waals surface area contributed by atoms with Crippen molar-refractivity contribution in [2.75, 3.05) is 11.9 Å². The molecule has 0 saturated carbocycles. The molecule has 0 fully saturated rings. The number of amides is 1. The van der Waals surface area contributed by atoms with Crippen LogP contribution in [0.4, 0.5) is 11.6 Å². The van der Waals surface area contributed by atoms with Crippen LogP contribution < -0.4 is 4.90 Å². The lowest BCUT2D eigenvalue weighted by Crippen LogP contribution is -2.29. The van der Waals surface area contributed by atoms with Crippen molar-refractivity contribution < 1.29 is 4.79 Å². The molecule has 1 aromatic carbocycles. The van der Waals surface area contributed by atoms with E-state index < -0.39 is 0 Å². The van der Waals surface area contributed by atoms with E-state index in [1.807, 2.05) is 37.3 Å². The lowest BCUT2D eigenvalue weighted by molar-refractivity contribution is -0.117. The van der Waals surface area contributed by atoms with Crippen LogP contribution in [-0.4, -0.2) is 33.7 Å². The average molecular weight is 269 g/mol. The second-order valence-corrected chi connectivity index (χ2v) is 4.86. The van der Waals surface area contributed by atoms with Crippen LogP contribution in [0.2, 0.25) is 0 Å². The quantitative estimate of drug-likeness (QED) is 0.835. The van der Waals surface area contributed by atoms with E-state index in [-0.39, 0.29) is 5.91 Å². The number of carbonyl (C=O) groups excluding carboxylic acids is 1. The fourth-order valence-electron chi connectivity index (χ4n) is 2.23. The molecule has 2 aromatic rings. The maximum Gasteiger partial charge on any atom is 0.233 e. The van der Waals surface area contributed by atoms with E-state index in [1.165, 1.54) is 0 Å². The fraction of sp³-hybridized carbons (Fsp3) is 0.286. The summed E-state index contributed by atoms with van der Waals surface area (Å²) in [6.45, 7) is 2.40. The molecular formula is C14H15N5O. The molecule has 0 saturated heterocycles. The first kappa shape index (κ1) is 12.5. The van der Waals surface area contributed by atoms with Gasteiger partial charge in [-0.3, -0.25) is 9.69 Å². The van der Waals surface area contributed by atoms with Crippen LogP contribution in [0.5, 0.6) is 0 Å². The Morgan fingerprint density at radius 3 is 2.75 bits per heavy atom. The second kappa shape index (κ2) is 4.88. The molecule has 3 rings (SSSR count).